The van der Waals surface area contributed by atoms with Crippen LogP contribution < -0.4 is 5.32 Å². The summed E-state index contributed by atoms with van der Waals surface area (Å²) in [4.78, 5) is 15.0. The lowest BCUT2D eigenvalue weighted by Crippen LogP contribution is -2.35. The molecule has 1 rings (SSSR count). The Bertz CT molecular complexity index is 474. The minimum atomic E-state index is -0.163. The van der Waals surface area contributed by atoms with Crippen molar-refractivity contribution in [2.75, 3.05) is 32.8 Å². The highest BCUT2D eigenvalue weighted by molar-refractivity contribution is 7.10. The topological polar surface area (TPSA) is 52.6 Å². The number of nitrogens with zero attached hydrogens (tertiary/aromatic N) is 1. The third-order valence-electron chi connectivity index (χ3n) is 2.85. The molecular formula is C15H22N2O2S. The van der Waals surface area contributed by atoms with Gasteiger partial charge in [0.1, 0.15) is 6.61 Å². The van der Waals surface area contributed by atoms with Crippen LogP contribution in [-0.2, 0) is 0 Å². The average Bonchev–Trinajstić information content (AvgIpc) is 2.92. The van der Waals surface area contributed by atoms with E-state index in [4.69, 9.17) is 5.11 Å². The molecule has 0 bridgehead atoms. The van der Waals surface area contributed by atoms with Crippen molar-refractivity contribution in [2.45, 2.75) is 20.3 Å². The molecule has 1 aromatic heterocycles. The lowest BCUT2D eigenvalue weighted by atomic mass is 10.3. The molecule has 1 aromatic rings. The van der Waals surface area contributed by atoms with E-state index in [1.54, 1.807) is 11.4 Å². The first kappa shape index (κ1) is 16.7. The van der Waals surface area contributed by atoms with Gasteiger partial charge in [-0.25, -0.2) is 0 Å². The molecule has 1 amide bonds. The van der Waals surface area contributed by atoms with E-state index in [0.29, 0.717) is 12.1 Å². The Kier molecular flexibility index (Phi) is 7.97. The summed E-state index contributed by atoms with van der Waals surface area (Å²) in [6.07, 6.45) is 1.12. The van der Waals surface area contributed by atoms with Crippen molar-refractivity contribution in [1.82, 2.24) is 10.2 Å². The summed E-state index contributed by atoms with van der Waals surface area (Å²) in [5.41, 5.74) is 0.635. The molecule has 0 aliphatic rings. The number of thiophene rings is 1. The van der Waals surface area contributed by atoms with Gasteiger partial charge in [-0.2, -0.15) is 0 Å². The predicted octanol–water partition coefficient (Wildman–Crippen LogP) is 1.55. The number of carbonyl (C=O) groups excluding carboxylic acids is 1. The van der Waals surface area contributed by atoms with E-state index in [2.05, 4.69) is 35.9 Å². The van der Waals surface area contributed by atoms with Crippen LogP contribution in [0.3, 0.4) is 0 Å². The van der Waals surface area contributed by atoms with Gasteiger partial charge in [0, 0.05) is 18.5 Å². The molecule has 20 heavy (non-hydrogen) atoms. The van der Waals surface area contributed by atoms with Crippen LogP contribution in [0, 0.1) is 11.8 Å². The Morgan fingerprint density at radius 1 is 1.45 bits per heavy atom. The highest BCUT2D eigenvalue weighted by Gasteiger charge is 2.08. The number of nitrogens with one attached hydrogen (secondary N) is 1. The highest BCUT2D eigenvalue weighted by atomic mass is 32.1. The standard InChI is InChI=1S/C15H22N2O2S/c1-3-8-17(4-2)9-7-16-15(19)13-11-14(20-12-13)6-5-10-18/h11-12,18H,3-4,7-10H2,1-2H3,(H,16,19). The van der Waals surface area contributed by atoms with Crippen LogP contribution in [0.2, 0.25) is 0 Å². The minimum Gasteiger partial charge on any atom is -0.384 e. The van der Waals surface area contributed by atoms with Gasteiger partial charge in [0.15, 0.2) is 0 Å². The van der Waals surface area contributed by atoms with Crippen molar-refractivity contribution >= 4 is 17.2 Å². The van der Waals surface area contributed by atoms with E-state index < -0.39 is 0 Å². The van der Waals surface area contributed by atoms with Crippen molar-refractivity contribution in [1.29, 1.82) is 0 Å². The fraction of sp³-hybridized carbons (Fsp3) is 0.533. The van der Waals surface area contributed by atoms with Gasteiger partial charge < -0.3 is 15.3 Å². The van der Waals surface area contributed by atoms with Gasteiger partial charge >= 0.3 is 0 Å². The highest BCUT2D eigenvalue weighted by Crippen LogP contribution is 2.13. The van der Waals surface area contributed by atoms with Gasteiger partial charge in [-0.3, -0.25) is 4.79 Å². The smallest absolute Gasteiger partial charge is 0.252 e. The molecule has 110 valence electrons. The van der Waals surface area contributed by atoms with Gasteiger partial charge in [0.05, 0.1) is 10.4 Å². The molecule has 4 nitrogen and oxygen atoms in total. The molecule has 1 heterocycles. The van der Waals surface area contributed by atoms with Crippen LogP contribution in [0.1, 0.15) is 35.5 Å². The number of amides is 1. The molecule has 0 saturated carbocycles. The van der Waals surface area contributed by atoms with Crippen LogP contribution >= 0.6 is 11.3 Å². The number of aliphatic hydroxyl groups excluding tert-OH is 1. The number of carbonyl (C=O) groups is 1. The second-order valence-corrected chi connectivity index (χ2v) is 5.26. The first-order valence-corrected chi connectivity index (χ1v) is 7.78. The Labute approximate surface area is 124 Å². The number of likely N-dealkylation sites (N-methyl/N-ethyl adjacent to an activating group) is 1. The van der Waals surface area contributed by atoms with E-state index in [1.165, 1.54) is 11.3 Å². The van der Waals surface area contributed by atoms with Gasteiger partial charge in [0.2, 0.25) is 0 Å². The summed E-state index contributed by atoms with van der Waals surface area (Å²) >= 11 is 1.41. The molecule has 0 aliphatic heterocycles. The molecule has 0 aromatic carbocycles. The molecule has 0 aliphatic carbocycles. The summed E-state index contributed by atoms with van der Waals surface area (Å²) in [7, 11) is 0. The lowest BCUT2D eigenvalue weighted by molar-refractivity contribution is 0.0949. The Morgan fingerprint density at radius 2 is 2.25 bits per heavy atom. The molecule has 0 atom stereocenters. The van der Waals surface area contributed by atoms with E-state index in [9.17, 15) is 4.79 Å². The van der Waals surface area contributed by atoms with Crippen molar-refractivity contribution < 1.29 is 9.90 Å². The van der Waals surface area contributed by atoms with Gasteiger partial charge in [-0.05, 0) is 25.6 Å². The predicted molar refractivity (Wildman–Crippen MR) is 83.0 cm³/mol. The minimum absolute atomic E-state index is 0.0640. The third-order valence-corrected chi connectivity index (χ3v) is 3.70. The quantitative estimate of drug-likeness (QED) is 0.750. The van der Waals surface area contributed by atoms with Crippen LogP contribution in [0.5, 0.6) is 0 Å². The van der Waals surface area contributed by atoms with Crippen molar-refractivity contribution in [3.63, 3.8) is 0 Å². The van der Waals surface area contributed by atoms with Crippen LogP contribution in [0.15, 0.2) is 11.4 Å². The number of hydrogen-bond donors (Lipinski definition) is 2. The number of hydrogen-bond acceptors (Lipinski definition) is 4. The summed E-state index contributed by atoms with van der Waals surface area (Å²) in [6, 6.07) is 1.76. The maximum atomic E-state index is 11.9. The van der Waals surface area contributed by atoms with E-state index >= 15 is 0 Å². The Morgan fingerprint density at radius 3 is 2.90 bits per heavy atom. The maximum absolute atomic E-state index is 11.9. The molecule has 0 saturated heterocycles. The van der Waals surface area contributed by atoms with Gasteiger partial charge in [-0.15, -0.1) is 11.3 Å². The molecule has 0 spiro atoms. The molecule has 0 unspecified atom stereocenters. The zero-order valence-corrected chi connectivity index (χ0v) is 12.9. The van der Waals surface area contributed by atoms with Gasteiger partial charge in [0.25, 0.3) is 5.91 Å². The van der Waals surface area contributed by atoms with Crippen LogP contribution in [-0.4, -0.2) is 48.7 Å². The molecule has 2 N–H and O–H groups in total. The zero-order chi connectivity index (χ0) is 14.8. The average molecular weight is 294 g/mol. The first-order valence-electron chi connectivity index (χ1n) is 6.90. The van der Waals surface area contributed by atoms with E-state index in [0.717, 1.165) is 30.9 Å². The SMILES string of the molecule is CCCN(CC)CCNC(=O)c1csc(C#CCO)c1. The summed E-state index contributed by atoms with van der Waals surface area (Å²) in [5.74, 6) is 5.31. The van der Waals surface area contributed by atoms with Crippen molar-refractivity contribution in [2.24, 2.45) is 0 Å². The normalized spacial score (nSPS) is 10.2. The molecule has 0 radical (unpaired) electrons. The fourth-order valence-corrected chi connectivity index (χ4v) is 2.58. The lowest BCUT2D eigenvalue weighted by Gasteiger charge is -2.19. The largest absolute Gasteiger partial charge is 0.384 e. The second-order valence-electron chi connectivity index (χ2n) is 4.35. The third kappa shape index (κ3) is 5.74. The Balaban J connectivity index is 2.41. The molecule has 5 heteroatoms. The van der Waals surface area contributed by atoms with Crippen molar-refractivity contribution in [3.8, 4) is 11.8 Å². The van der Waals surface area contributed by atoms with E-state index in [1.807, 2.05) is 0 Å². The summed E-state index contributed by atoms with van der Waals surface area (Å²) in [5, 5.41) is 13.3. The van der Waals surface area contributed by atoms with Crippen LogP contribution in [0.25, 0.3) is 0 Å². The second kappa shape index (κ2) is 9.54. The monoisotopic (exact) mass is 294 g/mol. The van der Waals surface area contributed by atoms with Crippen molar-refractivity contribution in [3.05, 3.63) is 21.9 Å². The first-order chi connectivity index (χ1) is 9.71. The number of rotatable bonds is 7. The summed E-state index contributed by atoms with van der Waals surface area (Å²) < 4.78 is 0. The Hall–Kier alpha value is -1.35. The molecule has 0 fully saturated rings. The fourth-order valence-electron chi connectivity index (χ4n) is 1.82. The number of aliphatic hydroxyl groups is 1. The van der Waals surface area contributed by atoms with Gasteiger partial charge in [-0.1, -0.05) is 25.7 Å². The summed E-state index contributed by atoms with van der Waals surface area (Å²) in [6.45, 7) is 7.71. The maximum Gasteiger partial charge on any atom is 0.252 e. The van der Waals surface area contributed by atoms with Crippen LogP contribution in [0.4, 0.5) is 0 Å². The molecular weight excluding hydrogens is 272 g/mol. The zero-order valence-electron chi connectivity index (χ0n) is 12.1. The van der Waals surface area contributed by atoms with E-state index in [-0.39, 0.29) is 12.5 Å².